The number of aryl methyl sites for hydroxylation is 1. The maximum absolute atomic E-state index is 12.6. The summed E-state index contributed by atoms with van der Waals surface area (Å²) >= 11 is 0. The minimum Gasteiger partial charge on any atom is -0.492 e. The molecule has 6 heteroatoms. The lowest BCUT2D eigenvalue weighted by atomic mass is 10.1. The molecule has 1 fully saturated rings. The van der Waals surface area contributed by atoms with Crippen molar-refractivity contribution in [1.82, 2.24) is 0 Å². The predicted octanol–water partition coefficient (Wildman–Crippen LogP) is 3.50. The van der Waals surface area contributed by atoms with Gasteiger partial charge in [0.2, 0.25) is 0 Å². The molecule has 2 aromatic carbocycles. The van der Waals surface area contributed by atoms with E-state index in [1.807, 2.05) is 13.0 Å². The van der Waals surface area contributed by atoms with Gasteiger partial charge in [0.25, 0.3) is 5.91 Å². The normalized spacial score (nSPS) is 13.1. The van der Waals surface area contributed by atoms with Gasteiger partial charge in [0.1, 0.15) is 11.5 Å². The number of carbonyl (C=O) groups excluding carboxylic acids is 1. The highest BCUT2D eigenvalue weighted by atomic mass is 16.5. The van der Waals surface area contributed by atoms with Gasteiger partial charge in [0, 0.05) is 5.69 Å². The molecule has 0 bridgehead atoms. The van der Waals surface area contributed by atoms with Gasteiger partial charge in [-0.2, -0.15) is 0 Å². The van der Waals surface area contributed by atoms with Crippen LogP contribution < -0.4 is 14.8 Å². The summed E-state index contributed by atoms with van der Waals surface area (Å²) in [7, 11) is 0. The van der Waals surface area contributed by atoms with Gasteiger partial charge in [-0.15, -0.1) is 0 Å². The number of ether oxygens (including phenoxy) is 2. The summed E-state index contributed by atoms with van der Waals surface area (Å²) in [6.45, 7) is 2.05. The number of benzene rings is 2. The highest BCUT2D eigenvalue weighted by Crippen LogP contribution is 2.30. The number of rotatable bonds is 8. The van der Waals surface area contributed by atoms with Crippen molar-refractivity contribution < 1.29 is 24.2 Å². The number of hydrogen-bond donors (Lipinski definition) is 2. The van der Waals surface area contributed by atoms with E-state index < -0.39 is 12.6 Å². The fourth-order valence-electron chi connectivity index (χ4n) is 2.47. The Labute approximate surface area is 151 Å². The van der Waals surface area contributed by atoms with E-state index in [1.165, 1.54) is 12.8 Å². The molecule has 0 aliphatic heterocycles. The smallest absolute Gasteiger partial charge is 0.341 e. The average molecular weight is 355 g/mol. The van der Waals surface area contributed by atoms with Gasteiger partial charge < -0.3 is 19.9 Å². The van der Waals surface area contributed by atoms with Gasteiger partial charge in [-0.1, -0.05) is 12.1 Å². The molecule has 26 heavy (non-hydrogen) atoms. The predicted molar refractivity (Wildman–Crippen MR) is 96.9 cm³/mol. The van der Waals surface area contributed by atoms with E-state index in [4.69, 9.17) is 14.6 Å². The fraction of sp³-hybridized carbons (Fsp3) is 0.300. The van der Waals surface area contributed by atoms with Crippen LogP contribution in [0.1, 0.15) is 28.8 Å². The van der Waals surface area contributed by atoms with Gasteiger partial charge in [0.15, 0.2) is 6.61 Å². The third-order valence-electron chi connectivity index (χ3n) is 4.11. The lowest BCUT2D eigenvalue weighted by molar-refractivity contribution is -0.139. The van der Waals surface area contributed by atoms with Crippen LogP contribution >= 0.6 is 0 Å². The van der Waals surface area contributed by atoms with Crippen molar-refractivity contribution in [2.45, 2.75) is 19.8 Å². The van der Waals surface area contributed by atoms with E-state index in [2.05, 4.69) is 5.32 Å². The molecule has 0 saturated heterocycles. The number of amides is 1. The second-order valence-electron chi connectivity index (χ2n) is 6.36. The quantitative estimate of drug-likeness (QED) is 0.757. The number of hydrogen-bond acceptors (Lipinski definition) is 4. The van der Waals surface area contributed by atoms with Gasteiger partial charge in [-0.25, -0.2) is 4.79 Å². The van der Waals surface area contributed by atoms with Crippen LogP contribution in [0.25, 0.3) is 0 Å². The minimum absolute atomic E-state index is 0.251. The summed E-state index contributed by atoms with van der Waals surface area (Å²) < 4.78 is 10.9. The number of carbonyl (C=O) groups is 2. The van der Waals surface area contributed by atoms with Crippen LogP contribution in [0.2, 0.25) is 0 Å². The molecular formula is C20H21NO5. The Morgan fingerprint density at radius 2 is 1.92 bits per heavy atom. The molecule has 6 nitrogen and oxygen atoms in total. The Kier molecular flexibility index (Phi) is 5.41. The first-order valence-corrected chi connectivity index (χ1v) is 8.51. The lowest BCUT2D eigenvalue weighted by Crippen LogP contribution is -2.15. The molecule has 3 rings (SSSR count). The maximum Gasteiger partial charge on any atom is 0.341 e. The molecule has 0 heterocycles. The number of nitrogens with one attached hydrogen (secondary N) is 1. The Morgan fingerprint density at radius 3 is 2.62 bits per heavy atom. The zero-order valence-corrected chi connectivity index (χ0v) is 14.5. The fourth-order valence-corrected chi connectivity index (χ4v) is 2.47. The zero-order chi connectivity index (χ0) is 18.5. The Hall–Kier alpha value is -3.02. The van der Waals surface area contributed by atoms with Gasteiger partial charge in [0.05, 0.1) is 12.2 Å². The van der Waals surface area contributed by atoms with E-state index >= 15 is 0 Å². The molecule has 1 aliphatic carbocycles. The van der Waals surface area contributed by atoms with Crippen LogP contribution in [0.3, 0.4) is 0 Å². The molecule has 0 atom stereocenters. The largest absolute Gasteiger partial charge is 0.492 e. The molecule has 2 N–H and O–H groups in total. The van der Waals surface area contributed by atoms with E-state index in [0.29, 0.717) is 35.3 Å². The molecule has 1 saturated carbocycles. The zero-order valence-electron chi connectivity index (χ0n) is 14.5. The number of anilines is 1. The minimum atomic E-state index is -1.04. The summed E-state index contributed by atoms with van der Waals surface area (Å²) in [5, 5.41) is 11.5. The second kappa shape index (κ2) is 7.91. The standard InChI is InChI=1S/C20H21NO5/c1-13-10-15(25-12-19(22)23)8-9-17(13)21-20(24)16-4-2-3-5-18(16)26-11-14-6-7-14/h2-5,8-10,14H,6-7,11-12H2,1H3,(H,21,24)(H,22,23). The van der Waals surface area contributed by atoms with Crippen molar-refractivity contribution in [1.29, 1.82) is 0 Å². The van der Waals surface area contributed by atoms with Crippen LogP contribution in [-0.4, -0.2) is 30.2 Å². The molecule has 1 amide bonds. The van der Waals surface area contributed by atoms with Crippen molar-refractivity contribution in [3.8, 4) is 11.5 Å². The molecule has 136 valence electrons. The monoisotopic (exact) mass is 355 g/mol. The van der Waals surface area contributed by atoms with Gasteiger partial charge in [-0.05, 0) is 61.6 Å². The molecule has 0 radical (unpaired) electrons. The summed E-state index contributed by atoms with van der Waals surface area (Å²) in [6.07, 6.45) is 2.37. The highest BCUT2D eigenvalue weighted by molar-refractivity contribution is 6.06. The number of aliphatic carboxylic acids is 1. The first-order chi connectivity index (χ1) is 12.5. The van der Waals surface area contributed by atoms with Crippen molar-refractivity contribution in [3.05, 3.63) is 53.6 Å². The van der Waals surface area contributed by atoms with Crippen molar-refractivity contribution in [2.75, 3.05) is 18.5 Å². The van der Waals surface area contributed by atoms with E-state index in [9.17, 15) is 9.59 Å². The summed E-state index contributed by atoms with van der Waals surface area (Å²) in [4.78, 5) is 23.2. The van der Waals surface area contributed by atoms with Gasteiger partial charge in [-0.3, -0.25) is 4.79 Å². The first-order valence-electron chi connectivity index (χ1n) is 8.51. The van der Waals surface area contributed by atoms with E-state index in [-0.39, 0.29) is 5.91 Å². The van der Waals surface area contributed by atoms with Crippen molar-refractivity contribution in [2.24, 2.45) is 5.92 Å². The van der Waals surface area contributed by atoms with Crippen LogP contribution in [-0.2, 0) is 4.79 Å². The third-order valence-corrected chi connectivity index (χ3v) is 4.11. The summed E-state index contributed by atoms with van der Waals surface area (Å²) in [5.74, 6) is 0.334. The molecule has 1 aliphatic rings. The van der Waals surface area contributed by atoms with Gasteiger partial charge >= 0.3 is 5.97 Å². The van der Waals surface area contributed by atoms with Crippen LogP contribution in [0.5, 0.6) is 11.5 Å². The number of para-hydroxylation sites is 1. The first kappa shape index (κ1) is 17.8. The average Bonchev–Trinajstić information content (AvgIpc) is 3.45. The number of carboxylic acids is 1. The van der Waals surface area contributed by atoms with Crippen molar-refractivity contribution in [3.63, 3.8) is 0 Å². The van der Waals surface area contributed by atoms with Crippen molar-refractivity contribution >= 4 is 17.6 Å². The number of carboxylic acid groups (broad SMARTS) is 1. The molecular weight excluding hydrogens is 334 g/mol. The molecule has 2 aromatic rings. The SMILES string of the molecule is Cc1cc(OCC(=O)O)ccc1NC(=O)c1ccccc1OCC1CC1. The Bertz CT molecular complexity index is 814. The lowest BCUT2D eigenvalue weighted by Gasteiger charge is -2.13. The topological polar surface area (TPSA) is 84.9 Å². The van der Waals surface area contributed by atoms with E-state index in [0.717, 1.165) is 5.56 Å². The molecule has 0 spiro atoms. The van der Waals surface area contributed by atoms with Crippen LogP contribution in [0.4, 0.5) is 5.69 Å². The van der Waals surface area contributed by atoms with E-state index in [1.54, 1.807) is 36.4 Å². The molecule has 0 unspecified atom stereocenters. The molecule has 0 aromatic heterocycles. The Morgan fingerprint density at radius 1 is 1.15 bits per heavy atom. The highest BCUT2D eigenvalue weighted by Gasteiger charge is 2.23. The Balaban J connectivity index is 1.68. The van der Waals surface area contributed by atoms with Crippen LogP contribution in [0.15, 0.2) is 42.5 Å². The summed E-state index contributed by atoms with van der Waals surface area (Å²) in [6, 6.07) is 12.2. The second-order valence-corrected chi connectivity index (χ2v) is 6.36. The third kappa shape index (κ3) is 4.75. The summed E-state index contributed by atoms with van der Waals surface area (Å²) in [5.41, 5.74) is 1.89. The maximum atomic E-state index is 12.6. The van der Waals surface area contributed by atoms with Crippen LogP contribution in [0, 0.1) is 12.8 Å².